The van der Waals surface area contributed by atoms with Crippen LogP contribution < -0.4 is 4.74 Å². The van der Waals surface area contributed by atoms with Gasteiger partial charge in [-0.1, -0.05) is 0 Å². The van der Waals surface area contributed by atoms with Crippen LogP contribution in [-0.2, 0) is 4.74 Å². The third kappa shape index (κ3) is 3.89. The van der Waals surface area contributed by atoms with E-state index in [4.69, 9.17) is 9.47 Å². The van der Waals surface area contributed by atoms with E-state index < -0.39 is 5.60 Å². The maximum absolute atomic E-state index is 12.4. The maximum Gasteiger partial charge on any atom is 0.410 e. The van der Waals surface area contributed by atoms with Gasteiger partial charge in [-0.2, -0.15) is 0 Å². The van der Waals surface area contributed by atoms with Gasteiger partial charge in [0, 0.05) is 31.1 Å². The molecule has 0 aliphatic carbocycles. The van der Waals surface area contributed by atoms with Crippen LogP contribution in [-0.4, -0.2) is 39.8 Å². The van der Waals surface area contributed by atoms with Crippen LogP contribution in [0.1, 0.15) is 46.5 Å². The Labute approximate surface area is 150 Å². The maximum atomic E-state index is 12.4. The topological polar surface area (TPSA) is 51.7 Å². The second kappa shape index (κ2) is 6.45. The first kappa shape index (κ1) is 16.8. The molecular formula is C17H23IN2O3. The van der Waals surface area contributed by atoms with Crippen molar-refractivity contribution < 1.29 is 14.3 Å². The highest BCUT2D eigenvalue weighted by Crippen LogP contribution is 2.38. The summed E-state index contributed by atoms with van der Waals surface area (Å²) in [7, 11) is 0. The van der Waals surface area contributed by atoms with Gasteiger partial charge in [0.25, 0.3) is 0 Å². The highest BCUT2D eigenvalue weighted by molar-refractivity contribution is 14.1. The number of halogens is 1. The molecule has 1 amide bonds. The molecule has 0 N–H and O–H groups in total. The average Bonchev–Trinajstić information content (AvgIpc) is 2.72. The molecule has 6 heteroatoms. The Balaban J connectivity index is 1.65. The Morgan fingerprint density at radius 1 is 1.30 bits per heavy atom. The van der Waals surface area contributed by atoms with Crippen molar-refractivity contribution in [2.45, 2.75) is 70.2 Å². The lowest BCUT2D eigenvalue weighted by atomic mass is 10.0. The van der Waals surface area contributed by atoms with Crippen LogP contribution in [0.5, 0.6) is 5.88 Å². The number of nitrogens with zero attached hydrogens (tertiary/aromatic N) is 2. The van der Waals surface area contributed by atoms with Crippen molar-refractivity contribution in [1.82, 2.24) is 9.88 Å². The zero-order valence-corrected chi connectivity index (χ0v) is 15.9. The molecule has 3 atom stereocenters. The molecule has 5 nitrogen and oxygen atoms in total. The molecule has 3 rings (SSSR count). The van der Waals surface area contributed by atoms with Gasteiger partial charge in [-0.3, -0.25) is 0 Å². The van der Waals surface area contributed by atoms with Crippen LogP contribution in [0.3, 0.4) is 0 Å². The number of amides is 1. The van der Waals surface area contributed by atoms with E-state index in [2.05, 4.69) is 27.6 Å². The van der Waals surface area contributed by atoms with Crippen molar-refractivity contribution in [2.75, 3.05) is 0 Å². The normalized spacial score (nSPS) is 27.0. The Hall–Kier alpha value is -1.05. The first-order valence-electron chi connectivity index (χ1n) is 8.12. The van der Waals surface area contributed by atoms with Gasteiger partial charge in [-0.05, 0) is 68.3 Å². The first-order valence-corrected chi connectivity index (χ1v) is 9.20. The molecule has 0 radical (unpaired) electrons. The van der Waals surface area contributed by atoms with E-state index in [0.717, 1.165) is 29.3 Å². The van der Waals surface area contributed by atoms with Crippen LogP contribution in [0.2, 0.25) is 0 Å². The Bertz CT molecular complexity index is 573. The first-order chi connectivity index (χ1) is 10.8. The Kier molecular flexibility index (Phi) is 4.71. The summed E-state index contributed by atoms with van der Waals surface area (Å²) in [5.41, 5.74) is -0.450. The SMILES string of the molecule is CC(C)(C)OC(=O)N1[C@@H]2CC[C@H]1C[C@@H](Oc1ncccc1I)C2. The van der Waals surface area contributed by atoms with E-state index >= 15 is 0 Å². The van der Waals surface area contributed by atoms with Crippen molar-refractivity contribution in [3.05, 3.63) is 21.9 Å². The summed E-state index contributed by atoms with van der Waals surface area (Å²) in [5.74, 6) is 0.697. The van der Waals surface area contributed by atoms with Crippen molar-refractivity contribution >= 4 is 28.7 Å². The van der Waals surface area contributed by atoms with Gasteiger partial charge in [0.2, 0.25) is 5.88 Å². The molecule has 2 aliphatic heterocycles. The van der Waals surface area contributed by atoms with E-state index in [9.17, 15) is 4.79 Å². The second-order valence-corrected chi connectivity index (χ2v) is 8.44. The van der Waals surface area contributed by atoms with Gasteiger partial charge in [0.15, 0.2) is 0 Å². The predicted octanol–water partition coefficient (Wildman–Crippen LogP) is 4.00. The third-order valence-corrected chi connectivity index (χ3v) is 5.12. The van der Waals surface area contributed by atoms with Crippen LogP contribution in [0, 0.1) is 3.57 Å². The number of carbonyl (C=O) groups excluding carboxylic acids is 1. The molecule has 0 unspecified atom stereocenters. The number of ether oxygens (including phenoxy) is 2. The quantitative estimate of drug-likeness (QED) is 0.666. The summed E-state index contributed by atoms with van der Waals surface area (Å²) in [6.07, 6.45) is 5.45. The fourth-order valence-electron chi connectivity index (χ4n) is 3.45. The minimum absolute atomic E-state index is 0.120. The minimum Gasteiger partial charge on any atom is -0.473 e. The summed E-state index contributed by atoms with van der Waals surface area (Å²) in [6, 6.07) is 4.33. The van der Waals surface area contributed by atoms with Gasteiger partial charge < -0.3 is 14.4 Å². The second-order valence-electron chi connectivity index (χ2n) is 7.27. The van der Waals surface area contributed by atoms with Crippen molar-refractivity contribution in [1.29, 1.82) is 0 Å². The van der Waals surface area contributed by atoms with E-state index in [-0.39, 0.29) is 24.3 Å². The number of piperidine rings is 1. The molecule has 2 saturated heterocycles. The molecule has 1 aromatic heterocycles. The molecule has 126 valence electrons. The average molecular weight is 430 g/mol. The van der Waals surface area contributed by atoms with Gasteiger partial charge in [-0.25, -0.2) is 9.78 Å². The molecule has 2 fully saturated rings. The monoisotopic (exact) mass is 430 g/mol. The summed E-state index contributed by atoms with van der Waals surface area (Å²) in [5, 5.41) is 0. The van der Waals surface area contributed by atoms with Crippen LogP contribution >= 0.6 is 22.6 Å². The molecular weight excluding hydrogens is 407 g/mol. The number of aromatic nitrogens is 1. The summed E-state index contributed by atoms with van der Waals surface area (Å²) < 4.78 is 12.7. The number of hydrogen-bond donors (Lipinski definition) is 0. The predicted molar refractivity (Wildman–Crippen MR) is 95.5 cm³/mol. The Morgan fingerprint density at radius 2 is 1.96 bits per heavy atom. The lowest BCUT2D eigenvalue weighted by Gasteiger charge is -2.39. The van der Waals surface area contributed by atoms with Crippen LogP contribution in [0.4, 0.5) is 4.79 Å². The zero-order chi connectivity index (χ0) is 16.6. The largest absolute Gasteiger partial charge is 0.473 e. The highest BCUT2D eigenvalue weighted by atomic mass is 127. The number of carbonyl (C=O) groups is 1. The number of rotatable bonds is 2. The molecule has 3 heterocycles. The summed E-state index contributed by atoms with van der Waals surface area (Å²) in [4.78, 5) is 18.7. The van der Waals surface area contributed by atoms with Gasteiger partial charge in [0.1, 0.15) is 11.7 Å². The fraction of sp³-hybridized carbons (Fsp3) is 0.647. The number of hydrogen-bond acceptors (Lipinski definition) is 4. The lowest BCUT2D eigenvalue weighted by molar-refractivity contribution is -0.00770. The van der Waals surface area contributed by atoms with Crippen molar-refractivity contribution in [2.24, 2.45) is 0 Å². The van der Waals surface area contributed by atoms with Crippen LogP contribution in [0.25, 0.3) is 0 Å². The summed E-state index contributed by atoms with van der Waals surface area (Å²) in [6.45, 7) is 5.73. The van der Waals surface area contributed by atoms with E-state index in [1.807, 2.05) is 37.8 Å². The van der Waals surface area contributed by atoms with Gasteiger partial charge >= 0.3 is 6.09 Å². The molecule has 0 saturated carbocycles. The van der Waals surface area contributed by atoms with Gasteiger partial charge in [-0.15, -0.1) is 0 Å². The fourth-order valence-corrected chi connectivity index (χ4v) is 3.93. The molecule has 2 bridgehead atoms. The zero-order valence-electron chi connectivity index (χ0n) is 13.8. The molecule has 2 aliphatic rings. The van der Waals surface area contributed by atoms with Gasteiger partial charge in [0.05, 0.1) is 3.57 Å². The van der Waals surface area contributed by atoms with Crippen molar-refractivity contribution in [3.63, 3.8) is 0 Å². The third-order valence-electron chi connectivity index (χ3n) is 4.30. The molecule has 0 aromatic carbocycles. The smallest absolute Gasteiger partial charge is 0.410 e. The number of pyridine rings is 1. The van der Waals surface area contributed by atoms with E-state index in [1.165, 1.54) is 0 Å². The van der Waals surface area contributed by atoms with Crippen LogP contribution in [0.15, 0.2) is 18.3 Å². The highest BCUT2D eigenvalue weighted by Gasteiger charge is 2.45. The molecule has 0 spiro atoms. The number of fused-ring (bicyclic) bond motifs is 2. The Morgan fingerprint density at radius 3 is 2.52 bits per heavy atom. The summed E-state index contributed by atoms with van der Waals surface area (Å²) >= 11 is 2.24. The standard InChI is InChI=1S/C17H23IN2O3/c1-17(2,3)23-16(21)20-11-6-7-12(20)10-13(9-11)22-15-14(18)5-4-8-19-15/h4-5,8,11-13H,6-7,9-10H2,1-3H3/t11-,12+,13+. The minimum atomic E-state index is -0.450. The molecule has 1 aromatic rings. The molecule has 23 heavy (non-hydrogen) atoms. The lowest BCUT2D eigenvalue weighted by Crippen LogP contribution is -2.50. The van der Waals surface area contributed by atoms with Crippen molar-refractivity contribution in [3.8, 4) is 5.88 Å². The van der Waals surface area contributed by atoms with E-state index in [1.54, 1.807) is 6.20 Å². The van der Waals surface area contributed by atoms with E-state index in [0.29, 0.717) is 5.88 Å².